The first-order valence-corrected chi connectivity index (χ1v) is 11.3. The Morgan fingerprint density at radius 2 is 1.68 bits per heavy atom. The van der Waals surface area contributed by atoms with Crippen molar-refractivity contribution in [2.24, 2.45) is 0 Å². The van der Waals surface area contributed by atoms with Gasteiger partial charge >= 0.3 is 30.0 Å². The number of amides is 2. The van der Waals surface area contributed by atoms with Crippen molar-refractivity contribution in [3.8, 4) is 0 Å². The molecule has 0 unspecified atom stereocenters. The number of esters is 3. The molecule has 3 N–H and O–H groups in total. The van der Waals surface area contributed by atoms with Gasteiger partial charge in [-0.15, -0.1) is 0 Å². The van der Waals surface area contributed by atoms with Crippen LogP contribution in [0, 0.1) is 0 Å². The van der Waals surface area contributed by atoms with Crippen molar-refractivity contribution in [3.63, 3.8) is 0 Å². The lowest BCUT2D eigenvalue weighted by Crippen LogP contribution is -2.65. The quantitative estimate of drug-likeness (QED) is 0.280. The normalized spacial score (nSPS) is 22.7. The third-order valence-corrected chi connectivity index (χ3v) is 5.28. The van der Waals surface area contributed by atoms with E-state index in [1.54, 1.807) is 5.32 Å². The van der Waals surface area contributed by atoms with Gasteiger partial charge in [0.15, 0.2) is 29.6 Å². The summed E-state index contributed by atoms with van der Waals surface area (Å²) in [5, 5.41) is 3.91. The average Bonchev–Trinajstić information content (AvgIpc) is 3.23. The second kappa shape index (κ2) is 11.7. The van der Waals surface area contributed by atoms with E-state index in [2.05, 4.69) is 20.3 Å². The van der Waals surface area contributed by atoms with Gasteiger partial charge < -0.3 is 24.3 Å². The maximum Gasteiger partial charge on any atom is 0.471 e. The van der Waals surface area contributed by atoms with Crippen LogP contribution in [-0.2, 0) is 42.9 Å². The number of hydrogen-bond acceptors (Lipinski definition) is 12. The molecule has 2 aromatic heterocycles. The molecule has 0 radical (unpaired) electrons. The molecule has 0 spiro atoms. The molecule has 5 atom stereocenters. The molecule has 218 valence electrons. The van der Waals surface area contributed by atoms with Crippen molar-refractivity contribution in [2.45, 2.75) is 64.5 Å². The number of H-pyrrole nitrogens is 1. The average molecular weight is 576 g/mol. The minimum atomic E-state index is -5.41. The third-order valence-electron chi connectivity index (χ3n) is 5.28. The molecule has 3 heterocycles. The molecule has 2 amide bonds. The Labute approximate surface area is 221 Å². The first-order chi connectivity index (χ1) is 18.6. The second-order valence-electron chi connectivity index (χ2n) is 8.43. The molecule has 1 saturated heterocycles. The largest absolute Gasteiger partial charge is 0.471 e. The van der Waals surface area contributed by atoms with Crippen LogP contribution < -0.4 is 16.2 Å². The molecular formula is C21H23F3N6O10. The minimum absolute atomic E-state index is 0.331. The maximum atomic E-state index is 13.3. The lowest BCUT2D eigenvalue weighted by atomic mass is 9.94. The number of rotatable bonds is 7. The van der Waals surface area contributed by atoms with Gasteiger partial charge in [0.25, 0.3) is 5.56 Å². The fourth-order valence-corrected chi connectivity index (χ4v) is 3.88. The Morgan fingerprint density at radius 1 is 1.05 bits per heavy atom. The molecular weight excluding hydrogens is 553 g/mol. The molecule has 1 fully saturated rings. The van der Waals surface area contributed by atoms with Gasteiger partial charge in [-0.25, -0.2) is 4.98 Å². The van der Waals surface area contributed by atoms with E-state index in [-0.39, 0.29) is 17.1 Å². The fourth-order valence-electron chi connectivity index (χ4n) is 3.88. The molecule has 0 aliphatic carbocycles. The van der Waals surface area contributed by atoms with Gasteiger partial charge in [-0.3, -0.25) is 43.6 Å². The van der Waals surface area contributed by atoms with E-state index in [0.717, 1.165) is 38.6 Å². The summed E-state index contributed by atoms with van der Waals surface area (Å²) in [6.07, 6.45) is -11.3. The molecule has 16 nitrogen and oxygen atoms in total. The van der Waals surface area contributed by atoms with Crippen LogP contribution in [0.2, 0.25) is 0 Å². The summed E-state index contributed by atoms with van der Waals surface area (Å²) in [5.74, 6) is -6.28. The van der Waals surface area contributed by atoms with E-state index < -0.39 is 78.6 Å². The Hall–Kier alpha value is -4.55. The minimum Gasteiger partial charge on any atom is -0.463 e. The number of hydrogen-bond donors (Lipinski definition) is 3. The van der Waals surface area contributed by atoms with E-state index in [4.69, 9.17) is 18.9 Å². The third kappa shape index (κ3) is 6.90. The van der Waals surface area contributed by atoms with Gasteiger partial charge in [0.2, 0.25) is 11.9 Å². The van der Waals surface area contributed by atoms with Crippen LogP contribution in [0.1, 0.15) is 33.9 Å². The molecule has 0 saturated carbocycles. The number of nitrogens with one attached hydrogen (secondary N) is 3. The molecule has 1 aliphatic rings. The Bertz CT molecular complexity index is 1390. The first kappa shape index (κ1) is 30.0. The fraction of sp³-hybridized carbons (Fsp3) is 0.524. The zero-order chi connectivity index (χ0) is 29.9. The molecule has 1 aliphatic heterocycles. The Morgan fingerprint density at radius 3 is 2.23 bits per heavy atom. The predicted octanol–water partition coefficient (Wildman–Crippen LogP) is -0.551. The Kier molecular flexibility index (Phi) is 8.76. The topological polar surface area (TPSA) is 210 Å². The van der Waals surface area contributed by atoms with Crippen molar-refractivity contribution < 1.29 is 56.1 Å². The summed E-state index contributed by atoms with van der Waals surface area (Å²) in [4.78, 5) is 81.6. The van der Waals surface area contributed by atoms with Crippen LogP contribution >= 0.6 is 0 Å². The van der Waals surface area contributed by atoms with Crippen LogP contribution in [0.25, 0.3) is 11.2 Å². The van der Waals surface area contributed by atoms with Crippen LogP contribution in [0.4, 0.5) is 19.1 Å². The number of anilines is 1. The van der Waals surface area contributed by atoms with Crippen LogP contribution in [-0.4, -0.2) is 86.4 Å². The van der Waals surface area contributed by atoms with Gasteiger partial charge in [0, 0.05) is 27.7 Å². The van der Waals surface area contributed by atoms with Crippen molar-refractivity contribution in [1.82, 2.24) is 24.8 Å². The predicted molar refractivity (Wildman–Crippen MR) is 122 cm³/mol. The van der Waals surface area contributed by atoms with Gasteiger partial charge in [-0.1, -0.05) is 0 Å². The molecule has 3 rings (SSSR count). The summed E-state index contributed by atoms with van der Waals surface area (Å²) < 4.78 is 62.1. The number of alkyl halides is 3. The number of imidazole rings is 1. The molecule has 0 aromatic carbocycles. The van der Waals surface area contributed by atoms with E-state index in [9.17, 15) is 41.9 Å². The number of aromatic amines is 1. The SMILES string of the molecule is CC(=O)Nc1nc2c(ncn2[C@@H]2O[C@H](COC(C)=O)[C@@H](OC(C)=O)[C@H](OC(C)=O)[C@H]2NC(=O)C(F)(F)F)c(=O)[nH]1. The summed E-state index contributed by atoms with van der Waals surface area (Å²) >= 11 is 0. The van der Waals surface area contributed by atoms with Crippen LogP contribution in [0.15, 0.2) is 11.1 Å². The molecule has 40 heavy (non-hydrogen) atoms. The highest BCUT2D eigenvalue weighted by molar-refractivity contribution is 5.87. The summed E-state index contributed by atoms with van der Waals surface area (Å²) in [6.45, 7) is 3.38. The van der Waals surface area contributed by atoms with Crippen molar-refractivity contribution in [1.29, 1.82) is 0 Å². The van der Waals surface area contributed by atoms with Crippen LogP contribution in [0.3, 0.4) is 0 Å². The van der Waals surface area contributed by atoms with Gasteiger partial charge in [-0.05, 0) is 0 Å². The monoisotopic (exact) mass is 576 g/mol. The number of halogens is 3. The maximum absolute atomic E-state index is 13.3. The number of fused-ring (bicyclic) bond motifs is 1. The highest BCUT2D eigenvalue weighted by atomic mass is 19.4. The van der Waals surface area contributed by atoms with Crippen molar-refractivity contribution in [3.05, 3.63) is 16.7 Å². The summed E-state index contributed by atoms with van der Waals surface area (Å²) in [7, 11) is 0. The van der Waals surface area contributed by atoms with Crippen molar-refractivity contribution in [2.75, 3.05) is 11.9 Å². The molecule has 0 bridgehead atoms. The van der Waals surface area contributed by atoms with Crippen molar-refractivity contribution >= 4 is 46.8 Å². The Balaban J connectivity index is 2.23. The van der Waals surface area contributed by atoms with E-state index >= 15 is 0 Å². The number of nitrogens with zero attached hydrogens (tertiary/aromatic N) is 3. The van der Waals surface area contributed by atoms with Gasteiger partial charge in [0.05, 0.1) is 6.33 Å². The smallest absolute Gasteiger partial charge is 0.463 e. The lowest BCUT2D eigenvalue weighted by Gasteiger charge is -2.45. The standard InChI is InChI=1S/C21H23F3N6O10/c1-7(31)26-20-28-16-13(17(35)29-20)25-6-30(16)18-12(27-19(36)21(22,23)24)15(39-10(4)34)14(38-9(3)33)11(40-18)5-37-8(2)32/h6,11-12,14-15,18H,5H2,1-4H3,(H,27,36)(H2,26,28,29,31,35)/t11-,12-,14-,15-,18-/m1/s1. The first-order valence-electron chi connectivity index (χ1n) is 11.3. The number of ether oxygens (including phenoxy) is 4. The van der Waals surface area contributed by atoms with Crippen LogP contribution in [0.5, 0.6) is 0 Å². The van der Waals surface area contributed by atoms with E-state index in [0.29, 0.717) is 0 Å². The van der Waals surface area contributed by atoms with Gasteiger partial charge in [0.1, 0.15) is 18.8 Å². The highest BCUT2D eigenvalue weighted by Crippen LogP contribution is 2.34. The summed E-state index contributed by atoms with van der Waals surface area (Å²) in [5.41, 5.74) is -1.53. The zero-order valence-electron chi connectivity index (χ0n) is 21.2. The zero-order valence-corrected chi connectivity index (χ0v) is 21.2. The number of carbonyl (C=O) groups is 5. The summed E-state index contributed by atoms with van der Waals surface area (Å²) in [6, 6.07) is -1.95. The number of carbonyl (C=O) groups excluding carboxylic acids is 5. The van der Waals surface area contributed by atoms with E-state index in [1.165, 1.54) is 0 Å². The van der Waals surface area contributed by atoms with E-state index in [1.807, 2.05) is 0 Å². The number of aromatic nitrogens is 4. The highest BCUT2D eigenvalue weighted by Gasteiger charge is 2.54. The second-order valence-corrected chi connectivity index (χ2v) is 8.43. The van der Waals surface area contributed by atoms with Gasteiger partial charge in [-0.2, -0.15) is 18.2 Å². The molecule has 19 heteroatoms. The lowest BCUT2D eigenvalue weighted by molar-refractivity contribution is -0.239. The molecule has 2 aromatic rings.